The molecule has 120 valence electrons. The largest absolute Gasteiger partial charge is 0.497 e. The smallest absolute Gasteiger partial charge is 0.248 e. The number of para-hydroxylation sites is 1. The summed E-state index contributed by atoms with van der Waals surface area (Å²) < 4.78 is 5.12. The summed E-state index contributed by atoms with van der Waals surface area (Å²) in [6.45, 7) is 4.19. The summed E-state index contributed by atoms with van der Waals surface area (Å²) in [7, 11) is 1.63. The lowest BCUT2D eigenvalue weighted by Crippen LogP contribution is -2.11. The number of amides is 1. The van der Waals surface area contributed by atoms with Crippen LogP contribution in [0.2, 0.25) is 0 Å². The molecular weight excluding hydrogens is 286 g/mol. The maximum absolute atomic E-state index is 12.2. The summed E-state index contributed by atoms with van der Waals surface area (Å²) in [5, 5.41) is 3.02. The third-order valence-electron chi connectivity index (χ3n) is 3.79. The van der Waals surface area contributed by atoms with Gasteiger partial charge in [-0.2, -0.15) is 0 Å². The lowest BCUT2D eigenvalue weighted by Gasteiger charge is -2.13. The summed E-state index contributed by atoms with van der Waals surface area (Å²) >= 11 is 0. The van der Waals surface area contributed by atoms with Crippen LogP contribution in [-0.4, -0.2) is 13.0 Å². The van der Waals surface area contributed by atoms with E-state index in [1.807, 2.05) is 30.3 Å². The van der Waals surface area contributed by atoms with Gasteiger partial charge in [-0.3, -0.25) is 4.79 Å². The Morgan fingerprint density at radius 2 is 1.65 bits per heavy atom. The summed E-state index contributed by atoms with van der Waals surface area (Å²) in [4.78, 5) is 12.2. The Hall–Kier alpha value is -2.55. The van der Waals surface area contributed by atoms with E-state index in [2.05, 4.69) is 31.3 Å². The number of hydrogen-bond acceptors (Lipinski definition) is 2. The molecule has 0 saturated carbocycles. The van der Waals surface area contributed by atoms with Crippen molar-refractivity contribution in [3.8, 4) is 5.75 Å². The van der Waals surface area contributed by atoms with Crippen molar-refractivity contribution in [1.29, 1.82) is 0 Å². The zero-order valence-corrected chi connectivity index (χ0v) is 13.9. The van der Waals surface area contributed by atoms with Crippen LogP contribution in [0.1, 0.15) is 30.5 Å². The first-order valence-electron chi connectivity index (χ1n) is 7.91. The number of carbonyl (C=O) groups is 1. The summed E-state index contributed by atoms with van der Waals surface area (Å²) in [6, 6.07) is 13.7. The van der Waals surface area contributed by atoms with Gasteiger partial charge >= 0.3 is 0 Å². The van der Waals surface area contributed by atoms with Crippen LogP contribution >= 0.6 is 0 Å². The summed E-state index contributed by atoms with van der Waals surface area (Å²) in [5.74, 6) is 0.687. The van der Waals surface area contributed by atoms with Crippen LogP contribution in [0.4, 0.5) is 5.69 Å². The summed E-state index contributed by atoms with van der Waals surface area (Å²) in [5.41, 5.74) is 4.23. The number of nitrogens with one attached hydrogen (secondary N) is 1. The fourth-order valence-electron chi connectivity index (χ4n) is 2.45. The molecule has 0 aliphatic carbocycles. The van der Waals surface area contributed by atoms with Crippen molar-refractivity contribution in [2.24, 2.45) is 0 Å². The van der Waals surface area contributed by atoms with E-state index in [-0.39, 0.29) is 5.91 Å². The van der Waals surface area contributed by atoms with Crippen LogP contribution in [-0.2, 0) is 17.6 Å². The van der Waals surface area contributed by atoms with E-state index in [9.17, 15) is 4.79 Å². The first-order valence-corrected chi connectivity index (χ1v) is 7.91. The average Bonchev–Trinajstić information content (AvgIpc) is 2.60. The molecule has 0 unspecified atom stereocenters. The van der Waals surface area contributed by atoms with Gasteiger partial charge in [0.2, 0.25) is 5.91 Å². The molecule has 2 aromatic rings. The van der Waals surface area contributed by atoms with Gasteiger partial charge in [0.05, 0.1) is 7.11 Å². The maximum atomic E-state index is 12.2. The standard InChI is InChI=1S/C20H23NO2/c1-4-16-7-6-8-17(5-2)20(16)21-19(22)14-11-15-9-12-18(23-3)13-10-15/h6-14H,4-5H2,1-3H3,(H,21,22)/b14-11+. The molecular formula is C20H23NO2. The molecule has 2 aromatic carbocycles. The van der Waals surface area contributed by atoms with Gasteiger partial charge in [-0.05, 0) is 47.7 Å². The number of ether oxygens (including phenoxy) is 1. The van der Waals surface area contributed by atoms with Gasteiger partial charge in [-0.15, -0.1) is 0 Å². The molecule has 3 heteroatoms. The fraction of sp³-hybridized carbons (Fsp3) is 0.250. The van der Waals surface area contributed by atoms with Gasteiger partial charge in [0, 0.05) is 11.8 Å². The second-order valence-corrected chi connectivity index (χ2v) is 5.25. The molecule has 0 aromatic heterocycles. The van der Waals surface area contributed by atoms with E-state index in [0.29, 0.717) is 0 Å². The van der Waals surface area contributed by atoms with Crippen LogP contribution in [0.5, 0.6) is 5.75 Å². The molecule has 0 atom stereocenters. The number of carbonyl (C=O) groups excluding carboxylic acids is 1. The van der Waals surface area contributed by atoms with E-state index >= 15 is 0 Å². The number of methoxy groups -OCH3 is 1. The SMILES string of the molecule is CCc1cccc(CC)c1NC(=O)/C=C/c1ccc(OC)cc1. The third kappa shape index (κ3) is 4.46. The molecule has 1 N–H and O–H groups in total. The minimum absolute atomic E-state index is 0.114. The van der Waals surface area contributed by atoms with Gasteiger partial charge in [0.1, 0.15) is 5.75 Å². The van der Waals surface area contributed by atoms with E-state index in [0.717, 1.165) is 41.0 Å². The minimum atomic E-state index is -0.114. The highest BCUT2D eigenvalue weighted by Crippen LogP contribution is 2.22. The Bertz CT molecular complexity index is 665. The Labute approximate surface area is 138 Å². The van der Waals surface area contributed by atoms with Crippen LogP contribution in [0, 0.1) is 0 Å². The number of hydrogen-bond donors (Lipinski definition) is 1. The topological polar surface area (TPSA) is 38.3 Å². The zero-order valence-electron chi connectivity index (χ0n) is 13.9. The highest BCUT2D eigenvalue weighted by molar-refractivity contribution is 6.02. The highest BCUT2D eigenvalue weighted by atomic mass is 16.5. The van der Waals surface area contributed by atoms with Gasteiger partial charge in [0.25, 0.3) is 0 Å². The predicted octanol–water partition coefficient (Wildman–Crippen LogP) is 4.47. The van der Waals surface area contributed by atoms with Crippen LogP contribution in [0.25, 0.3) is 6.08 Å². The molecule has 1 amide bonds. The first-order chi connectivity index (χ1) is 11.2. The van der Waals surface area contributed by atoms with E-state index in [1.54, 1.807) is 19.3 Å². The molecule has 3 nitrogen and oxygen atoms in total. The maximum Gasteiger partial charge on any atom is 0.248 e. The lowest BCUT2D eigenvalue weighted by atomic mass is 10.0. The van der Waals surface area contributed by atoms with Crippen molar-refractivity contribution in [3.63, 3.8) is 0 Å². The second kappa shape index (κ2) is 8.18. The Kier molecular flexibility index (Phi) is 5.98. The molecule has 0 bridgehead atoms. The molecule has 0 aliphatic heterocycles. The van der Waals surface area contributed by atoms with Gasteiger partial charge in [-0.25, -0.2) is 0 Å². The lowest BCUT2D eigenvalue weighted by molar-refractivity contribution is -0.111. The molecule has 0 radical (unpaired) electrons. The van der Waals surface area contributed by atoms with Crippen molar-refractivity contribution in [1.82, 2.24) is 0 Å². The molecule has 0 saturated heterocycles. The molecule has 23 heavy (non-hydrogen) atoms. The Morgan fingerprint density at radius 1 is 1.04 bits per heavy atom. The zero-order chi connectivity index (χ0) is 16.7. The first kappa shape index (κ1) is 16.8. The van der Waals surface area contributed by atoms with Crippen molar-refractivity contribution in [2.45, 2.75) is 26.7 Å². The van der Waals surface area contributed by atoms with E-state index in [4.69, 9.17) is 4.74 Å². The summed E-state index contributed by atoms with van der Waals surface area (Å²) in [6.07, 6.45) is 5.15. The quantitative estimate of drug-likeness (QED) is 0.799. The van der Waals surface area contributed by atoms with Gasteiger partial charge in [0.15, 0.2) is 0 Å². The van der Waals surface area contributed by atoms with Crippen molar-refractivity contribution in [2.75, 3.05) is 12.4 Å². The van der Waals surface area contributed by atoms with Crippen LogP contribution in [0.15, 0.2) is 48.5 Å². The van der Waals surface area contributed by atoms with Gasteiger partial charge < -0.3 is 10.1 Å². The molecule has 0 aliphatic rings. The molecule has 0 heterocycles. The molecule has 2 rings (SSSR count). The molecule has 0 spiro atoms. The fourth-order valence-corrected chi connectivity index (χ4v) is 2.45. The Morgan fingerprint density at radius 3 is 2.17 bits per heavy atom. The normalized spacial score (nSPS) is 10.7. The second-order valence-electron chi connectivity index (χ2n) is 5.25. The highest BCUT2D eigenvalue weighted by Gasteiger charge is 2.08. The van der Waals surface area contributed by atoms with E-state index < -0.39 is 0 Å². The average molecular weight is 309 g/mol. The Balaban J connectivity index is 2.11. The number of aryl methyl sites for hydroxylation is 2. The number of benzene rings is 2. The van der Waals surface area contributed by atoms with Crippen molar-refractivity contribution >= 4 is 17.7 Å². The van der Waals surface area contributed by atoms with E-state index in [1.165, 1.54) is 0 Å². The monoisotopic (exact) mass is 309 g/mol. The van der Waals surface area contributed by atoms with Crippen LogP contribution < -0.4 is 10.1 Å². The van der Waals surface area contributed by atoms with Crippen LogP contribution in [0.3, 0.4) is 0 Å². The third-order valence-corrected chi connectivity index (χ3v) is 3.79. The number of anilines is 1. The van der Waals surface area contributed by atoms with Gasteiger partial charge in [-0.1, -0.05) is 44.2 Å². The molecule has 0 fully saturated rings. The minimum Gasteiger partial charge on any atom is -0.497 e. The number of rotatable bonds is 6. The van der Waals surface area contributed by atoms with Crippen molar-refractivity contribution in [3.05, 3.63) is 65.2 Å². The van der Waals surface area contributed by atoms with Crippen molar-refractivity contribution < 1.29 is 9.53 Å². The predicted molar refractivity (Wildman–Crippen MR) is 95.9 cm³/mol.